The van der Waals surface area contributed by atoms with Crippen LogP contribution in [0.25, 0.3) is 0 Å². The summed E-state index contributed by atoms with van der Waals surface area (Å²) in [5, 5.41) is 29.0. The molecular formula is C14H7N5OS. The van der Waals surface area contributed by atoms with Gasteiger partial charge in [-0.1, -0.05) is 30.3 Å². The summed E-state index contributed by atoms with van der Waals surface area (Å²) in [4.78, 5) is 16.1. The Morgan fingerprint density at radius 1 is 1.14 bits per heavy atom. The summed E-state index contributed by atoms with van der Waals surface area (Å²) < 4.78 is 0. The van der Waals surface area contributed by atoms with Crippen molar-refractivity contribution >= 4 is 22.0 Å². The molecule has 7 heteroatoms. The lowest BCUT2D eigenvalue weighted by Crippen LogP contribution is -2.19. The number of nitrogens with zero attached hydrogens (tertiary/aromatic N) is 4. The number of thioether (sulfide) groups is 1. The Morgan fingerprint density at radius 2 is 1.81 bits per heavy atom. The molecule has 0 saturated heterocycles. The van der Waals surface area contributed by atoms with Crippen LogP contribution in [-0.2, 0) is 4.79 Å². The Balaban J connectivity index is 2.27. The van der Waals surface area contributed by atoms with Crippen molar-refractivity contribution in [2.45, 2.75) is 6.04 Å². The maximum absolute atomic E-state index is 11.9. The largest absolute Gasteiger partial charge is 0.324 e. The number of nitriles is 3. The van der Waals surface area contributed by atoms with Gasteiger partial charge in [-0.25, -0.2) is 4.99 Å². The number of nitrogens with one attached hydrogen (secondary N) is 1. The van der Waals surface area contributed by atoms with E-state index in [1.165, 1.54) is 0 Å². The third-order valence-electron chi connectivity index (χ3n) is 2.60. The second-order valence-corrected chi connectivity index (χ2v) is 4.87. The van der Waals surface area contributed by atoms with Gasteiger partial charge in [0.25, 0.3) is 0 Å². The van der Waals surface area contributed by atoms with Gasteiger partial charge < -0.3 is 5.32 Å². The van der Waals surface area contributed by atoms with Gasteiger partial charge in [0, 0.05) is 0 Å². The number of carbonyl (C=O) groups excluding carboxylic acids is 1. The standard InChI is InChI=1S/C14H7N5OS/c15-6-10(7-16)11(8-17)18-14-19-12(13(20)21-14)9-4-2-1-3-5-9/h1-5,12H,(H,18,19). The molecule has 0 radical (unpaired) electrons. The van der Waals surface area contributed by atoms with Crippen LogP contribution in [0.1, 0.15) is 11.6 Å². The first kappa shape index (κ1) is 14.3. The van der Waals surface area contributed by atoms with E-state index in [0.717, 1.165) is 17.3 Å². The van der Waals surface area contributed by atoms with E-state index in [0.29, 0.717) is 0 Å². The van der Waals surface area contributed by atoms with Gasteiger partial charge in [0.15, 0.2) is 10.7 Å². The number of allylic oxidation sites excluding steroid dienone is 2. The number of hydrogen-bond acceptors (Lipinski definition) is 7. The Labute approximate surface area is 125 Å². The van der Waals surface area contributed by atoms with E-state index in [9.17, 15) is 4.79 Å². The predicted molar refractivity (Wildman–Crippen MR) is 76.2 cm³/mol. The minimum Gasteiger partial charge on any atom is -0.324 e. The van der Waals surface area contributed by atoms with Crippen molar-refractivity contribution in [2.75, 3.05) is 0 Å². The first-order valence-electron chi connectivity index (χ1n) is 5.75. The lowest BCUT2D eigenvalue weighted by Gasteiger charge is -2.03. The molecule has 1 aliphatic rings. The summed E-state index contributed by atoms with van der Waals surface area (Å²) in [5.41, 5.74) is 0.180. The molecule has 1 aromatic carbocycles. The normalized spacial score (nSPS) is 16.1. The van der Waals surface area contributed by atoms with Gasteiger partial charge in [-0.3, -0.25) is 4.79 Å². The zero-order valence-electron chi connectivity index (χ0n) is 10.6. The molecule has 0 spiro atoms. The first-order chi connectivity index (χ1) is 10.2. The highest BCUT2D eigenvalue weighted by molar-refractivity contribution is 8.26. The molecule has 2 rings (SSSR count). The molecule has 0 aromatic heterocycles. The molecule has 1 aliphatic heterocycles. The Morgan fingerprint density at radius 3 is 2.38 bits per heavy atom. The summed E-state index contributed by atoms with van der Waals surface area (Å²) in [6, 6.07) is 13.3. The third-order valence-corrected chi connectivity index (χ3v) is 3.42. The lowest BCUT2D eigenvalue weighted by atomic mass is 10.1. The second-order valence-electron chi connectivity index (χ2n) is 3.88. The van der Waals surface area contributed by atoms with E-state index in [4.69, 9.17) is 15.8 Å². The van der Waals surface area contributed by atoms with E-state index in [1.807, 2.05) is 6.07 Å². The van der Waals surface area contributed by atoms with Crippen molar-refractivity contribution in [1.82, 2.24) is 5.32 Å². The van der Waals surface area contributed by atoms with Crippen molar-refractivity contribution in [3.63, 3.8) is 0 Å². The number of aliphatic imine (C=N–C) groups is 1. The molecule has 0 aliphatic carbocycles. The molecule has 1 N–H and O–H groups in total. The number of carbonyl (C=O) groups is 1. The number of rotatable bonds is 2. The van der Waals surface area contributed by atoms with Crippen LogP contribution in [0.15, 0.2) is 46.6 Å². The van der Waals surface area contributed by atoms with Crippen molar-refractivity contribution in [2.24, 2.45) is 4.99 Å². The van der Waals surface area contributed by atoms with Crippen molar-refractivity contribution < 1.29 is 4.79 Å². The quantitative estimate of drug-likeness (QED) is 0.831. The maximum Gasteiger partial charge on any atom is 0.225 e. The van der Waals surface area contributed by atoms with E-state index < -0.39 is 6.04 Å². The predicted octanol–water partition coefficient (Wildman–Crippen LogP) is 1.77. The zero-order chi connectivity index (χ0) is 15.2. The van der Waals surface area contributed by atoms with Gasteiger partial charge in [0.2, 0.25) is 5.12 Å². The molecule has 100 valence electrons. The van der Waals surface area contributed by atoms with E-state index in [-0.39, 0.29) is 21.6 Å². The van der Waals surface area contributed by atoms with Gasteiger partial charge >= 0.3 is 0 Å². The molecule has 6 nitrogen and oxygen atoms in total. The van der Waals surface area contributed by atoms with Crippen LogP contribution in [-0.4, -0.2) is 10.3 Å². The van der Waals surface area contributed by atoms with Crippen LogP contribution in [0.2, 0.25) is 0 Å². The average Bonchev–Trinajstić information content (AvgIpc) is 2.89. The number of hydrogen-bond donors (Lipinski definition) is 1. The van der Waals surface area contributed by atoms with Crippen LogP contribution in [0.5, 0.6) is 0 Å². The number of benzene rings is 1. The molecule has 1 aromatic rings. The Bertz CT molecular complexity index is 745. The second kappa shape index (κ2) is 6.38. The maximum atomic E-state index is 11.9. The van der Waals surface area contributed by atoms with Crippen LogP contribution < -0.4 is 5.32 Å². The average molecular weight is 293 g/mol. The molecule has 1 unspecified atom stereocenters. The van der Waals surface area contributed by atoms with Gasteiger partial charge in [-0.15, -0.1) is 0 Å². The highest BCUT2D eigenvalue weighted by Crippen LogP contribution is 2.31. The SMILES string of the molecule is N#CC(C#N)=C(C#N)NC1=NC(c2ccccc2)C(=O)S1. The highest BCUT2D eigenvalue weighted by Gasteiger charge is 2.30. The van der Waals surface area contributed by atoms with Crippen molar-refractivity contribution in [1.29, 1.82) is 15.8 Å². The molecule has 1 heterocycles. The summed E-state index contributed by atoms with van der Waals surface area (Å²) in [6.07, 6.45) is 0. The summed E-state index contributed by atoms with van der Waals surface area (Å²) in [7, 11) is 0. The minimum absolute atomic E-state index is 0.184. The fraction of sp³-hybridized carbons (Fsp3) is 0.0714. The van der Waals surface area contributed by atoms with Gasteiger partial charge in [0.1, 0.15) is 29.9 Å². The van der Waals surface area contributed by atoms with Gasteiger partial charge in [-0.2, -0.15) is 15.8 Å². The Kier molecular flexibility index (Phi) is 4.36. The van der Waals surface area contributed by atoms with E-state index in [2.05, 4.69) is 10.3 Å². The minimum atomic E-state index is -0.647. The van der Waals surface area contributed by atoms with Crippen molar-refractivity contribution in [3.05, 3.63) is 47.2 Å². The molecule has 21 heavy (non-hydrogen) atoms. The fourth-order valence-corrected chi connectivity index (χ4v) is 2.44. The van der Waals surface area contributed by atoms with Gasteiger partial charge in [-0.05, 0) is 17.3 Å². The summed E-state index contributed by atoms with van der Waals surface area (Å²) in [6.45, 7) is 0. The summed E-state index contributed by atoms with van der Waals surface area (Å²) in [5.74, 6) is 0. The fourth-order valence-electron chi connectivity index (χ4n) is 1.64. The van der Waals surface area contributed by atoms with E-state index >= 15 is 0 Å². The topological polar surface area (TPSA) is 113 Å². The van der Waals surface area contributed by atoms with Crippen LogP contribution >= 0.6 is 11.8 Å². The molecule has 0 saturated carbocycles. The highest BCUT2D eigenvalue weighted by atomic mass is 32.2. The monoisotopic (exact) mass is 293 g/mol. The third kappa shape index (κ3) is 3.09. The molecule has 0 fully saturated rings. The molecule has 0 amide bonds. The van der Waals surface area contributed by atoms with Crippen LogP contribution in [0.4, 0.5) is 0 Å². The zero-order valence-corrected chi connectivity index (χ0v) is 11.4. The van der Waals surface area contributed by atoms with Crippen LogP contribution in [0.3, 0.4) is 0 Å². The Hall–Kier alpha value is -3.08. The van der Waals surface area contributed by atoms with Crippen molar-refractivity contribution in [3.8, 4) is 18.2 Å². The lowest BCUT2D eigenvalue weighted by molar-refractivity contribution is -0.111. The smallest absolute Gasteiger partial charge is 0.225 e. The van der Waals surface area contributed by atoms with Gasteiger partial charge in [0.05, 0.1) is 0 Å². The first-order valence-corrected chi connectivity index (χ1v) is 6.57. The summed E-state index contributed by atoms with van der Waals surface area (Å²) >= 11 is 0.846. The van der Waals surface area contributed by atoms with E-state index in [1.54, 1.807) is 42.5 Å². The van der Waals surface area contributed by atoms with Crippen LogP contribution in [0, 0.1) is 34.0 Å². The molecule has 0 bridgehead atoms. The molecule has 1 atom stereocenters. The molecular weight excluding hydrogens is 286 g/mol. The number of amidine groups is 1.